The molecule has 0 aromatic heterocycles. The predicted molar refractivity (Wildman–Crippen MR) is 78.7 cm³/mol. The third-order valence-electron chi connectivity index (χ3n) is 3.32. The van der Waals surface area contributed by atoms with Gasteiger partial charge in [0.2, 0.25) is 0 Å². The molecule has 2 atom stereocenters. The number of rotatable bonds is 4. The molecule has 1 nitrogen and oxygen atoms in total. The summed E-state index contributed by atoms with van der Waals surface area (Å²) >= 11 is 3.66. The Labute approximate surface area is 117 Å². The molecule has 0 aliphatic carbocycles. The van der Waals surface area contributed by atoms with Gasteiger partial charge in [-0.15, -0.1) is 0 Å². The van der Waals surface area contributed by atoms with Crippen LogP contribution in [0.5, 0.6) is 0 Å². The predicted octanol–water partition coefficient (Wildman–Crippen LogP) is 4.42. The van der Waals surface area contributed by atoms with Gasteiger partial charge < -0.3 is 5.11 Å². The Morgan fingerprint density at radius 1 is 1.00 bits per heavy atom. The van der Waals surface area contributed by atoms with E-state index in [1.54, 1.807) is 0 Å². The minimum atomic E-state index is -0.886. The van der Waals surface area contributed by atoms with E-state index in [4.69, 9.17) is 0 Å². The van der Waals surface area contributed by atoms with Crippen LogP contribution in [-0.2, 0) is 5.60 Å². The van der Waals surface area contributed by atoms with Gasteiger partial charge in [0.25, 0.3) is 0 Å². The van der Waals surface area contributed by atoms with Crippen LogP contribution in [0, 0.1) is 0 Å². The fraction of sp³-hybridized carbons (Fsp3) is 0.250. The molecule has 0 fully saturated rings. The fourth-order valence-electron chi connectivity index (χ4n) is 2.15. The van der Waals surface area contributed by atoms with Crippen molar-refractivity contribution in [3.8, 4) is 0 Å². The maximum atomic E-state index is 11.0. The van der Waals surface area contributed by atoms with Crippen LogP contribution in [0.15, 0.2) is 60.7 Å². The van der Waals surface area contributed by atoms with Crippen molar-refractivity contribution in [1.29, 1.82) is 0 Å². The van der Waals surface area contributed by atoms with Crippen molar-refractivity contribution in [3.63, 3.8) is 0 Å². The molecule has 1 N–H and O–H groups in total. The Balaban J connectivity index is 2.39. The van der Waals surface area contributed by atoms with Crippen molar-refractivity contribution in [2.24, 2.45) is 0 Å². The topological polar surface area (TPSA) is 20.2 Å². The molecule has 2 aromatic rings. The van der Waals surface area contributed by atoms with Gasteiger partial charge in [-0.25, -0.2) is 0 Å². The van der Waals surface area contributed by atoms with Crippen LogP contribution in [-0.4, -0.2) is 5.11 Å². The summed E-state index contributed by atoms with van der Waals surface area (Å²) < 4.78 is 0. The summed E-state index contributed by atoms with van der Waals surface area (Å²) in [4.78, 5) is -0.112. The number of benzene rings is 2. The number of halogens is 1. The lowest BCUT2D eigenvalue weighted by molar-refractivity contribution is 0.0314. The Hall–Kier alpha value is -1.12. The van der Waals surface area contributed by atoms with Gasteiger partial charge in [0.1, 0.15) is 5.60 Å². The molecule has 94 valence electrons. The van der Waals surface area contributed by atoms with Crippen LogP contribution in [0.25, 0.3) is 0 Å². The Bertz CT molecular complexity index is 483. The monoisotopic (exact) mass is 304 g/mol. The third kappa shape index (κ3) is 2.50. The maximum Gasteiger partial charge on any atom is 0.106 e. The van der Waals surface area contributed by atoms with E-state index in [9.17, 15) is 5.11 Å². The largest absolute Gasteiger partial charge is 0.384 e. The second kappa shape index (κ2) is 5.68. The summed E-state index contributed by atoms with van der Waals surface area (Å²) in [5.74, 6) is 0. The molecule has 0 amide bonds. The van der Waals surface area contributed by atoms with Gasteiger partial charge in [0.15, 0.2) is 0 Å². The summed E-state index contributed by atoms with van der Waals surface area (Å²) in [5, 5.41) is 11.0. The molecule has 2 rings (SSSR count). The van der Waals surface area contributed by atoms with Crippen molar-refractivity contribution >= 4 is 15.9 Å². The summed E-state index contributed by atoms with van der Waals surface area (Å²) in [5.41, 5.74) is 1.15. The van der Waals surface area contributed by atoms with Crippen molar-refractivity contribution in [3.05, 3.63) is 71.8 Å². The smallest absolute Gasteiger partial charge is 0.106 e. The van der Waals surface area contributed by atoms with E-state index in [2.05, 4.69) is 15.9 Å². The van der Waals surface area contributed by atoms with Crippen LogP contribution in [0.2, 0.25) is 0 Å². The first kappa shape index (κ1) is 13.3. The minimum absolute atomic E-state index is 0.112. The molecule has 2 unspecified atom stereocenters. The number of alkyl halides is 1. The molecule has 0 saturated heterocycles. The highest BCUT2D eigenvalue weighted by atomic mass is 79.9. The first-order chi connectivity index (χ1) is 8.68. The van der Waals surface area contributed by atoms with Crippen LogP contribution < -0.4 is 0 Å². The number of hydrogen-bond donors (Lipinski definition) is 1. The van der Waals surface area contributed by atoms with E-state index in [1.807, 2.05) is 67.6 Å². The zero-order valence-corrected chi connectivity index (χ0v) is 12.0. The number of hydrogen-bond acceptors (Lipinski definition) is 1. The molecule has 0 bridgehead atoms. The molecule has 2 aromatic carbocycles. The first-order valence-corrected chi connectivity index (χ1v) is 7.07. The Morgan fingerprint density at radius 2 is 1.50 bits per heavy atom. The molecule has 2 heteroatoms. The normalized spacial score (nSPS) is 15.9. The second-order valence-electron chi connectivity index (χ2n) is 4.42. The second-order valence-corrected chi connectivity index (χ2v) is 5.33. The lowest BCUT2D eigenvalue weighted by Crippen LogP contribution is -2.29. The zero-order chi connectivity index (χ0) is 13.0. The molecule has 0 radical (unpaired) electrons. The highest BCUT2D eigenvalue weighted by molar-refractivity contribution is 9.09. The maximum absolute atomic E-state index is 11.0. The highest BCUT2D eigenvalue weighted by Gasteiger charge is 2.35. The standard InChI is InChI=1S/C16H17BrO/c1-2-16(18,14-11-7-4-8-12-14)15(17)13-9-5-3-6-10-13/h3-12,15,18H,2H2,1H3. The lowest BCUT2D eigenvalue weighted by Gasteiger charge is -2.33. The lowest BCUT2D eigenvalue weighted by atomic mass is 9.85. The van der Waals surface area contributed by atoms with Gasteiger partial charge in [-0.2, -0.15) is 0 Å². The first-order valence-electron chi connectivity index (χ1n) is 6.15. The Kier molecular flexibility index (Phi) is 4.20. The summed E-state index contributed by atoms with van der Waals surface area (Å²) in [7, 11) is 0. The van der Waals surface area contributed by atoms with E-state index in [1.165, 1.54) is 0 Å². The van der Waals surface area contributed by atoms with E-state index in [0.29, 0.717) is 6.42 Å². The minimum Gasteiger partial charge on any atom is -0.384 e. The van der Waals surface area contributed by atoms with Crippen LogP contribution in [0.4, 0.5) is 0 Å². The van der Waals surface area contributed by atoms with Crippen molar-refractivity contribution in [2.75, 3.05) is 0 Å². The van der Waals surface area contributed by atoms with Gasteiger partial charge in [0.05, 0.1) is 4.83 Å². The molecule has 0 spiro atoms. The van der Waals surface area contributed by atoms with Crippen LogP contribution >= 0.6 is 15.9 Å². The van der Waals surface area contributed by atoms with Crippen molar-refractivity contribution in [2.45, 2.75) is 23.8 Å². The average molecular weight is 305 g/mol. The van der Waals surface area contributed by atoms with Gasteiger partial charge >= 0.3 is 0 Å². The zero-order valence-electron chi connectivity index (χ0n) is 10.4. The highest BCUT2D eigenvalue weighted by Crippen LogP contribution is 2.43. The molecule has 0 aliphatic heterocycles. The summed E-state index contributed by atoms with van der Waals surface area (Å²) in [6.07, 6.45) is 0.655. The third-order valence-corrected chi connectivity index (χ3v) is 4.61. The molecule has 0 saturated carbocycles. The fourth-order valence-corrected chi connectivity index (χ4v) is 3.05. The molecular weight excluding hydrogens is 288 g/mol. The van der Waals surface area contributed by atoms with Crippen LogP contribution in [0.3, 0.4) is 0 Å². The summed E-state index contributed by atoms with van der Waals surface area (Å²) in [6, 6.07) is 19.9. The van der Waals surface area contributed by atoms with E-state index in [-0.39, 0.29) is 4.83 Å². The average Bonchev–Trinajstić information content (AvgIpc) is 2.47. The molecule has 0 heterocycles. The van der Waals surface area contributed by atoms with E-state index in [0.717, 1.165) is 11.1 Å². The quantitative estimate of drug-likeness (QED) is 0.829. The van der Waals surface area contributed by atoms with Gasteiger partial charge in [-0.1, -0.05) is 83.5 Å². The van der Waals surface area contributed by atoms with Gasteiger partial charge in [-0.05, 0) is 17.5 Å². The van der Waals surface area contributed by atoms with Crippen molar-refractivity contribution < 1.29 is 5.11 Å². The Morgan fingerprint density at radius 3 is 2.00 bits per heavy atom. The summed E-state index contributed by atoms with van der Waals surface area (Å²) in [6.45, 7) is 2.00. The van der Waals surface area contributed by atoms with Gasteiger partial charge in [-0.3, -0.25) is 0 Å². The molecule has 18 heavy (non-hydrogen) atoms. The molecular formula is C16H17BrO. The van der Waals surface area contributed by atoms with E-state index < -0.39 is 5.60 Å². The van der Waals surface area contributed by atoms with Gasteiger partial charge in [0, 0.05) is 0 Å². The molecule has 0 aliphatic rings. The van der Waals surface area contributed by atoms with E-state index >= 15 is 0 Å². The van der Waals surface area contributed by atoms with Crippen LogP contribution in [0.1, 0.15) is 29.3 Å². The van der Waals surface area contributed by atoms with Crippen molar-refractivity contribution in [1.82, 2.24) is 0 Å². The SMILES string of the molecule is CCC(O)(c1ccccc1)C(Br)c1ccccc1. The number of aliphatic hydroxyl groups is 1.